The van der Waals surface area contributed by atoms with Gasteiger partial charge in [-0.2, -0.15) is 0 Å². The van der Waals surface area contributed by atoms with Crippen molar-refractivity contribution < 1.29 is 4.79 Å². The van der Waals surface area contributed by atoms with Crippen molar-refractivity contribution in [2.45, 2.75) is 24.4 Å². The fraction of sp³-hybridized carbons (Fsp3) is 0.316. The molecule has 2 heterocycles. The van der Waals surface area contributed by atoms with Gasteiger partial charge in [-0.15, -0.1) is 0 Å². The van der Waals surface area contributed by atoms with Gasteiger partial charge in [0.2, 0.25) is 5.91 Å². The van der Waals surface area contributed by atoms with Crippen molar-refractivity contribution in [2.75, 3.05) is 18.4 Å². The summed E-state index contributed by atoms with van der Waals surface area (Å²) in [6, 6.07) is 15.8. The second-order valence-corrected chi connectivity index (χ2v) is 6.94. The number of carbonyl (C=O) groups is 1. The highest BCUT2D eigenvalue weighted by Crippen LogP contribution is 2.37. The van der Waals surface area contributed by atoms with Crippen molar-refractivity contribution in [3.8, 4) is 0 Å². The first kappa shape index (κ1) is 15.6. The number of piperidine rings is 1. The quantitative estimate of drug-likeness (QED) is 0.747. The predicted molar refractivity (Wildman–Crippen MR) is 96.3 cm³/mol. The monoisotopic (exact) mass is 341 g/mol. The Balaban J connectivity index is 1.85. The number of carbonyl (C=O) groups excluding carboxylic acids is 1. The maximum atomic E-state index is 13.0. The van der Waals surface area contributed by atoms with Gasteiger partial charge < -0.3 is 10.6 Å². The highest BCUT2D eigenvalue weighted by Gasteiger charge is 2.44. The van der Waals surface area contributed by atoms with Gasteiger partial charge >= 0.3 is 0 Å². The summed E-state index contributed by atoms with van der Waals surface area (Å²) in [6.45, 7) is 1.66. The molecule has 5 heteroatoms. The maximum absolute atomic E-state index is 13.0. The van der Waals surface area contributed by atoms with Gasteiger partial charge in [0.15, 0.2) is 0 Å². The lowest BCUT2D eigenvalue weighted by Gasteiger charge is -2.38. The summed E-state index contributed by atoms with van der Waals surface area (Å²) in [5, 5.41) is 10.8. The van der Waals surface area contributed by atoms with E-state index in [1.807, 2.05) is 36.4 Å². The summed E-state index contributed by atoms with van der Waals surface area (Å²) < 4.78 is 0. The third-order valence-corrected chi connectivity index (χ3v) is 5.25. The molecule has 1 saturated heterocycles. The molecule has 3 N–H and O–H groups in total. The van der Waals surface area contributed by atoms with Gasteiger partial charge in [-0.25, -0.2) is 0 Å². The molecule has 1 fully saturated rings. The van der Waals surface area contributed by atoms with Crippen LogP contribution in [0.25, 0.3) is 0 Å². The number of rotatable bonds is 1. The van der Waals surface area contributed by atoms with Crippen LogP contribution in [0.15, 0.2) is 48.5 Å². The second-order valence-electron chi connectivity index (χ2n) is 6.51. The highest BCUT2D eigenvalue weighted by molar-refractivity contribution is 6.30. The van der Waals surface area contributed by atoms with Crippen LogP contribution >= 0.6 is 11.6 Å². The Hall–Kier alpha value is -1.88. The number of anilines is 1. The van der Waals surface area contributed by atoms with Crippen LogP contribution in [0.2, 0.25) is 5.02 Å². The summed E-state index contributed by atoms with van der Waals surface area (Å²) in [5.41, 5.74) is 2.42. The lowest BCUT2D eigenvalue weighted by molar-refractivity contribution is -0.123. The van der Waals surface area contributed by atoms with E-state index in [2.05, 4.69) is 28.1 Å². The third-order valence-electron chi connectivity index (χ3n) is 5.02. The van der Waals surface area contributed by atoms with E-state index in [1.165, 1.54) is 0 Å². The fourth-order valence-corrected chi connectivity index (χ4v) is 3.86. The van der Waals surface area contributed by atoms with E-state index in [0.717, 1.165) is 42.7 Å². The zero-order valence-electron chi connectivity index (χ0n) is 13.3. The minimum absolute atomic E-state index is 0.0472. The second kappa shape index (κ2) is 6.20. The molecule has 2 aliphatic rings. The van der Waals surface area contributed by atoms with E-state index in [-0.39, 0.29) is 11.9 Å². The van der Waals surface area contributed by atoms with Crippen molar-refractivity contribution in [3.05, 3.63) is 64.7 Å². The summed E-state index contributed by atoms with van der Waals surface area (Å²) in [4.78, 5) is 13.0. The van der Waals surface area contributed by atoms with Gasteiger partial charge in [0.1, 0.15) is 5.54 Å². The van der Waals surface area contributed by atoms with Crippen LogP contribution in [0, 0.1) is 0 Å². The van der Waals surface area contributed by atoms with Gasteiger partial charge in [-0.1, -0.05) is 41.9 Å². The molecule has 1 spiro atoms. The first-order chi connectivity index (χ1) is 11.7. The molecule has 0 aliphatic carbocycles. The van der Waals surface area contributed by atoms with Crippen molar-refractivity contribution in [1.29, 1.82) is 0 Å². The van der Waals surface area contributed by atoms with E-state index < -0.39 is 5.54 Å². The van der Waals surface area contributed by atoms with Crippen LogP contribution in [-0.2, 0) is 4.79 Å². The number of hydrogen-bond donors (Lipinski definition) is 3. The van der Waals surface area contributed by atoms with E-state index in [0.29, 0.717) is 5.02 Å². The number of hydrogen-bond acceptors (Lipinski definition) is 3. The normalized spacial score (nSPS) is 22.5. The van der Waals surface area contributed by atoms with Crippen molar-refractivity contribution in [1.82, 2.24) is 10.6 Å². The molecule has 0 bridgehead atoms. The standard InChI is InChI=1S/C19H20ClN3O/c20-14-6-7-16-15(12-14)17(13-4-2-1-3-5-13)23-19(18(24)22-16)8-10-21-11-9-19/h1-7,12,17,21,23H,8-11H2,(H,22,24). The minimum Gasteiger partial charge on any atom is -0.324 e. The molecule has 0 saturated carbocycles. The van der Waals surface area contributed by atoms with Gasteiger partial charge in [-0.05, 0) is 55.3 Å². The lowest BCUT2D eigenvalue weighted by atomic mass is 9.85. The zero-order chi connectivity index (χ0) is 16.6. The van der Waals surface area contributed by atoms with Crippen LogP contribution in [0.5, 0.6) is 0 Å². The molecule has 4 rings (SSSR count). The van der Waals surface area contributed by atoms with Gasteiger partial charge in [0.05, 0.1) is 6.04 Å². The zero-order valence-corrected chi connectivity index (χ0v) is 14.1. The van der Waals surface area contributed by atoms with E-state index in [9.17, 15) is 4.79 Å². The number of amides is 1. The Morgan fingerprint density at radius 3 is 2.54 bits per heavy atom. The molecule has 1 amide bonds. The Morgan fingerprint density at radius 2 is 1.79 bits per heavy atom. The molecule has 1 unspecified atom stereocenters. The van der Waals surface area contributed by atoms with E-state index >= 15 is 0 Å². The predicted octanol–water partition coefficient (Wildman–Crippen LogP) is 3.09. The smallest absolute Gasteiger partial charge is 0.244 e. The summed E-state index contributed by atoms with van der Waals surface area (Å²) in [6.07, 6.45) is 1.54. The molecule has 2 aliphatic heterocycles. The molecule has 2 aromatic rings. The third kappa shape index (κ3) is 2.71. The molecule has 0 aromatic heterocycles. The van der Waals surface area contributed by atoms with Crippen LogP contribution in [0.4, 0.5) is 5.69 Å². The Bertz CT molecular complexity index is 756. The van der Waals surface area contributed by atoms with Crippen molar-refractivity contribution >= 4 is 23.2 Å². The summed E-state index contributed by atoms with van der Waals surface area (Å²) in [5.74, 6) is 0.0472. The Labute approximate surface area is 146 Å². The summed E-state index contributed by atoms with van der Waals surface area (Å²) in [7, 11) is 0. The van der Waals surface area contributed by atoms with E-state index in [4.69, 9.17) is 11.6 Å². The SMILES string of the molecule is O=C1Nc2ccc(Cl)cc2C(c2ccccc2)NC12CCNCC2. The number of benzene rings is 2. The molecular weight excluding hydrogens is 322 g/mol. The lowest BCUT2D eigenvalue weighted by Crippen LogP contribution is -2.59. The Morgan fingerprint density at radius 1 is 1.04 bits per heavy atom. The van der Waals surface area contributed by atoms with Gasteiger partial charge in [0.25, 0.3) is 0 Å². The Kier molecular flexibility index (Phi) is 4.04. The van der Waals surface area contributed by atoms with Crippen molar-refractivity contribution in [3.63, 3.8) is 0 Å². The molecule has 2 aromatic carbocycles. The summed E-state index contributed by atoms with van der Waals surface area (Å²) >= 11 is 6.25. The molecule has 24 heavy (non-hydrogen) atoms. The minimum atomic E-state index is -0.558. The van der Waals surface area contributed by atoms with Crippen LogP contribution in [-0.4, -0.2) is 24.5 Å². The number of fused-ring (bicyclic) bond motifs is 1. The first-order valence-electron chi connectivity index (χ1n) is 8.32. The number of halogens is 1. The van der Waals surface area contributed by atoms with Crippen molar-refractivity contribution in [2.24, 2.45) is 0 Å². The van der Waals surface area contributed by atoms with Crippen LogP contribution in [0.1, 0.15) is 30.0 Å². The topological polar surface area (TPSA) is 53.2 Å². The first-order valence-corrected chi connectivity index (χ1v) is 8.70. The molecule has 124 valence electrons. The fourth-order valence-electron chi connectivity index (χ4n) is 3.68. The molecule has 1 atom stereocenters. The number of nitrogens with one attached hydrogen (secondary N) is 3. The van der Waals surface area contributed by atoms with Crippen LogP contribution < -0.4 is 16.0 Å². The molecule has 4 nitrogen and oxygen atoms in total. The van der Waals surface area contributed by atoms with Gasteiger partial charge in [-0.3, -0.25) is 10.1 Å². The molecule has 0 radical (unpaired) electrons. The average Bonchev–Trinajstić information content (AvgIpc) is 2.73. The van der Waals surface area contributed by atoms with E-state index in [1.54, 1.807) is 0 Å². The van der Waals surface area contributed by atoms with Gasteiger partial charge in [0, 0.05) is 10.7 Å². The largest absolute Gasteiger partial charge is 0.324 e. The maximum Gasteiger partial charge on any atom is 0.244 e. The average molecular weight is 342 g/mol. The molecular formula is C19H20ClN3O. The highest BCUT2D eigenvalue weighted by atomic mass is 35.5. The van der Waals surface area contributed by atoms with Crippen LogP contribution in [0.3, 0.4) is 0 Å².